The van der Waals surface area contributed by atoms with Crippen molar-refractivity contribution in [2.24, 2.45) is 0 Å². The molecule has 1 aliphatic rings. The maximum absolute atomic E-state index is 5.98. The summed E-state index contributed by atoms with van der Waals surface area (Å²) in [5.74, 6) is 1.66. The summed E-state index contributed by atoms with van der Waals surface area (Å²) in [6, 6.07) is 5.89. The Bertz CT molecular complexity index is 840. The van der Waals surface area contributed by atoms with E-state index in [2.05, 4.69) is 25.7 Å². The molecule has 0 saturated carbocycles. The smallest absolute Gasteiger partial charge is 0.152 e. The maximum Gasteiger partial charge on any atom is 0.152 e. The monoisotopic (exact) mass is 324 g/mol. The average molecular weight is 324 g/mol. The SMILES string of the molecule is Cc1cc2c(NCc3cc(OC4CCNC4)ccn3)nccn2n1. The van der Waals surface area contributed by atoms with Gasteiger partial charge < -0.3 is 15.4 Å². The van der Waals surface area contributed by atoms with Gasteiger partial charge in [0, 0.05) is 31.2 Å². The molecule has 1 saturated heterocycles. The predicted molar refractivity (Wildman–Crippen MR) is 91.2 cm³/mol. The van der Waals surface area contributed by atoms with E-state index in [4.69, 9.17) is 4.74 Å². The zero-order valence-electron chi connectivity index (χ0n) is 13.6. The van der Waals surface area contributed by atoms with E-state index in [1.807, 2.05) is 35.8 Å². The van der Waals surface area contributed by atoms with E-state index in [1.165, 1.54) is 0 Å². The highest BCUT2D eigenvalue weighted by Crippen LogP contribution is 2.18. The summed E-state index contributed by atoms with van der Waals surface area (Å²) in [7, 11) is 0. The van der Waals surface area contributed by atoms with Gasteiger partial charge in [0.1, 0.15) is 17.4 Å². The largest absolute Gasteiger partial charge is 0.489 e. The first-order chi connectivity index (χ1) is 11.8. The Morgan fingerprint density at radius 3 is 3.17 bits per heavy atom. The molecule has 7 nitrogen and oxygen atoms in total. The minimum atomic E-state index is 0.249. The highest BCUT2D eigenvalue weighted by molar-refractivity contribution is 5.67. The lowest BCUT2D eigenvalue weighted by atomic mass is 10.3. The van der Waals surface area contributed by atoms with Crippen molar-refractivity contribution in [2.75, 3.05) is 18.4 Å². The number of nitrogens with one attached hydrogen (secondary N) is 2. The number of aromatic nitrogens is 4. The molecule has 0 amide bonds. The van der Waals surface area contributed by atoms with Gasteiger partial charge in [-0.05, 0) is 32.0 Å². The summed E-state index contributed by atoms with van der Waals surface area (Å²) in [4.78, 5) is 8.81. The molecule has 4 rings (SSSR count). The topological polar surface area (TPSA) is 76.4 Å². The van der Waals surface area contributed by atoms with Crippen LogP contribution in [0.15, 0.2) is 36.8 Å². The van der Waals surface area contributed by atoms with Crippen LogP contribution in [0.1, 0.15) is 17.8 Å². The van der Waals surface area contributed by atoms with E-state index in [9.17, 15) is 0 Å². The Morgan fingerprint density at radius 2 is 2.29 bits per heavy atom. The van der Waals surface area contributed by atoms with Crippen LogP contribution in [-0.2, 0) is 6.54 Å². The Balaban J connectivity index is 1.46. The van der Waals surface area contributed by atoms with Crippen molar-refractivity contribution in [3.05, 3.63) is 48.2 Å². The Morgan fingerprint density at radius 1 is 1.33 bits per heavy atom. The Kier molecular flexibility index (Phi) is 4.00. The lowest BCUT2D eigenvalue weighted by molar-refractivity contribution is 0.222. The molecule has 0 aliphatic carbocycles. The van der Waals surface area contributed by atoms with E-state index < -0.39 is 0 Å². The van der Waals surface area contributed by atoms with Crippen LogP contribution in [0.5, 0.6) is 5.75 Å². The molecule has 7 heteroatoms. The van der Waals surface area contributed by atoms with Gasteiger partial charge in [-0.15, -0.1) is 0 Å². The normalized spacial score (nSPS) is 17.3. The molecule has 1 fully saturated rings. The number of anilines is 1. The molecular weight excluding hydrogens is 304 g/mol. The molecule has 0 spiro atoms. The van der Waals surface area contributed by atoms with Gasteiger partial charge in [0.05, 0.1) is 17.9 Å². The van der Waals surface area contributed by atoms with Crippen LogP contribution in [0.25, 0.3) is 5.52 Å². The molecule has 2 N–H and O–H groups in total. The van der Waals surface area contributed by atoms with E-state index in [-0.39, 0.29) is 6.10 Å². The van der Waals surface area contributed by atoms with Gasteiger partial charge in [-0.2, -0.15) is 5.10 Å². The lowest BCUT2D eigenvalue weighted by Crippen LogP contribution is -2.19. The molecule has 3 aromatic heterocycles. The van der Waals surface area contributed by atoms with Gasteiger partial charge in [-0.25, -0.2) is 9.50 Å². The van der Waals surface area contributed by atoms with Gasteiger partial charge >= 0.3 is 0 Å². The predicted octanol–water partition coefficient (Wildman–Crippen LogP) is 1.79. The molecule has 0 bridgehead atoms. The van der Waals surface area contributed by atoms with Gasteiger partial charge in [-0.3, -0.25) is 4.98 Å². The van der Waals surface area contributed by atoms with Crippen molar-refractivity contribution < 1.29 is 4.74 Å². The van der Waals surface area contributed by atoms with Crippen LogP contribution in [0.2, 0.25) is 0 Å². The van der Waals surface area contributed by atoms with E-state index in [0.29, 0.717) is 6.54 Å². The van der Waals surface area contributed by atoms with Crippen molar-refractivity contribution in [3.63, 3.8) is 0 Å². The van der Waals surface area contributed by atoms with Gasteiger partial charge in [0.15, 0.2) is 5.82 Å². The first kappa shape index (κ1) is 14.9. The zero-order chi connectivity index (χ0) is 16.4. The fraction of sp³-hybridized carbons (Fsp3) is 0.353. The molecular formula is C17H20N6O. The molecule has 4 heterocycles. The first-order valence-electron chi connectivity index (χ1n) is 8.15. The van der Waals surface area contributed by atoms with E-state index in [1.54, 1.807) is 12.4 Å². The molecule has 1 unspecified atom stereocenters. The van der Waals surface area contributed by atoms with Crippen LogP contribution >= 0.6 is 0 Å². The van der Waals surface area contributed by atoms with E-state index >= 15 is 0 Å². The Labute approximate surface area is 140 Å². The fourth-order valence-corrected chi connectivity index (χ4v) is 2.90. The van der Waals surface area contributed by atoms with Crippen LogP contribution in [-0.4, -0.2) is 38.8 Å². The number of rotatable bonds is 5. The number of fused-ring (bicyclic) bond motifs is 1. The second-order valence-electron chi connectivity index (χ2n) is 5.96. The summed E-state index contributed by atoms with van der Waals surface area (Å²) in [5, 5.41) is 11.0. The molecule has 1 aliphatic heterocycles. The van der Waals surface area contributed by atoms with Crippen LogP contribution in [0, 0.1) is 6.92 Å². The van der Waals surface area contributed by atoms with Gasteiger partial charge in [-0.1, -0.05) is 0 Å². The number of ether oxygens (including phenoxy) is 1. The number of nitrogens with zero attached hydrogens (tertiary/aromatic N) is 4. The van der Waals surface area contributed by atoms with Crippen molar-refractivity contribution >= 4 is 11.3 Å². The summed E-state index contributed by atoms with van der Waals surface area (Å²) >= 11 is 0. The van der Waals surface area contributed by atoms with Crippen LogP contribution in [0.3, 0.4) is 0 Å². The second kappa shape index (κ2) is 6.45. The third-order valence-electron chi connectivity index (χ3n) is 4.05. The number of hydrogen-bond donors (Lipinski definition) is 2. The molecule has 1 atom stereocenters. The fourth-order valence-electron chi connectivity index (χ4n) is 2.90. The Hall–Kier alpha value is -2.67. The van der Waals surface area contributed by atoms with Crippen LogP contribution in [0.4, 0.5) is 5.82 Å². The molecule has 124 valence electrons. The molecule has 3 aromatic rings. The highest BCUT2D eigenvalue weighted by atomic mass is 16.5. The molecule has 24 heavy (non-hydrogen) atoms. The van der Waals surface area contributed by atoms with Crippen molar-refractivity contribution in [3.8, 4) is 5.75 Å². The van der Waals surface area contributed by atoms with Crippen molar-refractivity contribution in [2.45, 2.75) is 26.0 Å². The standard InChI is InChI=1S/C17H20N6O/c1-12-8-16-17(20-6-7-23(16)22-12)21-10-13-9-14(3-5-19-13)24-15-2-4-18-11-15/h3,5-9,15,18H,2,4,10-11H2,1H3,(H,20,21). The van der Waals surface area contributed by atoms with Crippen LogP contribution < -0.4 is 15.4 Å². The summed E-state index contributed by atoms with van der Waals surface area (Å²) in [6.07, 6.45) is 6.66. The van der Waals surface area contributed by atoms with Gasteiger partial charge in [0.2, 0.25) is 0 Å². The van der Waals surface area contributed by atoms with E-state index in [0.717, 1.165) is 48.0 Å². The summed E-state index contributed by atoms with van der Waals surface area (Å²) in [6.45, 7) is 4.47. The minimum Gasteiger partial charge on any atom is -0.489 e. The van der Waals surface area contributed by atoms with Crippen molar-refractivity contribution in [1.29, 1.82) is 0 Å². The van der Waals surface area contributed by atoms with Gasteiger partial charge in [0.25, 0.3) is 0 Å². The minimum absolute atomic E-state index is 0.249. The zero-order valence-corrected chi connectivity index (χ0v) is 13.6. The quantitative estimate of drug-likeness (QED) is 0.745. The summed E-state index contributed by atoms with van der Waals surface area (Å²) < 4.78 is 7.81. The highest BCUT2D eigenvalue weighted by Gasteiger charge is 2.16. The average Bonchev–Trinajstić information content (AvgIpc) is 3.22. The summed E-state index contributed by atoms with van der Waals surface area (Å²) in [5.41, 5.74) is 2.84. The number of hydrogen-bond acceptors (Lipinski definition) is 6. The second-order valence-corrected chi connectivity index (χ2v) is 5.96. The first-order valence-corrected chi connectivity index (χ1v) is 8.15. The van der Waals surface area contributed by atoms with Crippen molar-refractivity contribution in [1.82, 2.24) is 24.9 Å². The molecule has 0 radical (unpaired) electrons. The third kappa shape index (κ3) is 3.16. The lowest BCUT2D eigenvalue weighted by Gasteiger charge is -2.13. The molecule has 0 aromatic carbocycles. The number of aryl methyl sites for hydroxylation is 1. The number of pyridine rings is 1. The maximum atomic E-state index is 5.98. The third-order valence-corrected chi connectivity index (χ3v) is 4.05.